The van der Waals surface area contributed by atoms with Gasteiger partial charge < -0.3 is 5.11 Å². The molecule has 0 spiro atoms. The number of anilines is 1. The lowest BCUT2D eigenvalue weighted by Crippen LogP contribution is -2.35. The van der Waals surface area contributed by atoms with E-state index in [0.717, 1.165) is 18.5 Å². The van der Waals surface area contributed by atoms with E-state index in [-0.39, 0.29) is 9.92 Å². The fourth-order valence-corrected chi connectivity index (χ4v) is 2.74. The molecule has 120 valence electrons. The predicted molar refractivity (Wildman–Crippen MR) is 79.8 cm³/mol. The Labute approximate surface area is 135 Å². The Kier molecular flexibility index (Phi) is 4.77. The summed E-state index contributed by atoms with van der Waals surface area (Å²) in [4.78, 5) is 29.6. The maximum atomic E-state index is 12.0. The molecule has 0 unspecified atom stereocenters. The molecule has 1 aromatic heterocycles. The molecule has 3 N–H and O–H groups in total. The number of urea groups is 1. The van der Waals surface area contributed by atoms with E-state index >= 15 is 0 Å². The Morgan fingerprint density at radius 3 is 2.52 bits per heavy atom. The average Bonchev–Trinajstić information content (AvgIpc) is 2.47. The molecule has 11 heteroatoms. The summed E-state index contributed by atoms with van der Waals surface area (Å²) in [5.41, 5.74) is -0.525. The molecule has 0 aliphatic rings. The molecule has 2 amide bonds. The minimum atomic E-state index is -4.18. The summed E-state index contributed by atoms with van der Waals surface area (Å²) in [7, 11) is -4.18. The Balaban J connectivity index is 2.18. The molecule has 1 heterocycles. The van der Waals surface area contributed by atoms with E-state index < -0.39 is 33.5 Å². The van der Waals surface area contributed by atoms with Crippen LogP contribution in [-0.2, 0) is 10.0 Å². The van der Waals surface area contributed by atoms with Crippen LogP contribution in [0.15, 0.2) is 41.6 Å². The Morgan fingerprint density at radius 1 is 1.17 bits per heavy atom. The highest BCUT2D eigenvalue weighted by atomic mass is 35.5. The van der Waals surface area contributed by atoms with Crippen LogP contribution in [0.4, 0.5) is 10.6 Å². The quantitative estimate of drug-likeness (QED) is 0.751. The molecule has 0 bridgehead atoms. The largest absolute Gasteiger partial charge is 0.476 e. The van der Waals surface area contributed by atoms with Crippen molar-refractivity contribution in [3.05, 3.63) is 47.4 Å². The normalized spacial score (nSPS) is 10.8. The van der Waals surface area contributed by atoms with Gasteiger partial charge in [0.05, 0.1) is 4.90 Å². The van der Waals surface area contributed by atoms with Crippen LogP contribution in [0, 0.1) is 0 Å². The van der Waals surface area contributed by atoms with Crippen LogP contribution in [0.2, 0.25) is 5.02 Å². The van der Waals surface area contributed by atoms with Crippen molar-refractivity contribution in [2.45, 2.75) is 4.90 Å². The van der Waals surface area contributed by atoms with Crippen molar-refractivity contribution in [1.82, 2.24) is 14.7 Å². The van der Waals surface area contributed by atoms with E-state index in [1.54, 1.807) is 4.72 Å². The van der Waals surface area contributed by atoms with Crippen LogP contribution in [0.1, 0.15) is 10.5 Å². The van der Waals surface area contributed by atoms with Gasteiger partial charge in [-0.25, -0.2) is 32.7 Å². The van der Waals surface area contributed by atoms with Gasteiger partial charge in [-0.2, -0.15) is 0 Å². The summed E-state index contributed by atoms with van der Waals surface area (Å²) < 4.78 is 25.8. The first-order valence-electron chi connectivity index (χ1n) is 5.93. The molecule has 0 aliphatic carbocycles. The van der Waals surface area contributed by atoms with E-state index in [0.29, 0.717) is 0 Å². The van der Waals surface area contributed by atoms with Crippen molar-refractivity contribution in [3.63, 3.8) is 0 Å². The SMILES string of the molecule is O=C(Nc1nccnc1C(=O)O)NS(=O)(=O)c1cccc(Cl)c1. The second-order valence-electron chi connectivity index (χ2n) is 4.08. The molecule has 2 rings (SSSR count). The highest BCUT2D eigenvalue weighted by molar-refractivity contribution is 7.90. The van der Waals surface area contributed by atoms with Crippen molar-refractivity contribution in [2.75, 3.05) is 5.32 Å². The zero-order valence-corrected chi connectivity index (χ0v) is 12.8. The number of carbonyl (C=O) groups excluding carboxylic acids is 1. The van der Waals surface area contributed by atoms with Gasteiger partial charge in [-0.3, -0.25) is 5.32 Å². The summed E-state index contributed by atoms with van der Waals surface area (Å²) >= 11 is 5.70. The molecule has 0 radical (unpaired) electrons. The third kappa shape index (κ3) is 4.14. The molecule has 2 aromatic rings. The molecule has 23 heavy (non-hydrogen) atoms. The van der Waals surface area contributed by atoms with Crippen LogP contribution in [-0.4, -0.2) is 35.5 Å². The van der Waals surface area contributed by atoms with Gasteiger partial charge in [-0.05, 0) is 18.2 Å². The first-order valence-corrected chi connectivity index (χ1v) is 7.79. The van der Waals surface area contributed by atoms with Crippen molar-refractivity contribution in [3.8, 4) is 0 Å². The standard InChI is InChI=1S/C12H9ClN4O5S/c13-7-2-1-3-8(6-7)23(21,22)17-12(20)16-10-9(11(18)19)14-4-5-15-10/h1-6H,(H,18,19)(H2,15,16,17,20). The number of rotatable bonds is 4. The molecule has 0 saturated heterocycles. The monoisotopic (exact) mass is 356 g/mol. The van der Waals surface area contributed by atoms with Crippen LogP contribution in [0.25, 0.3) is 0 Å². The highest BCUT2D eigenvalue weighted by Crippen LogP contribution is 2.15. The molecular formula is C12H9ClN4O5S. The van der Waals surface area contributed by atoms with Gasteiger partial charge in [-0.1, -0.05) is 17.7 Å². The highest BCUT2D eigenvalue weighted by Gasteiger charge is 2.20. The van der Waals surface area contributed by atoms with Gasteiger partial charge in [0.1, 0.15) is 0 Å². The zero-order valence-electron chi connectivity index (χ0n) is 11.2. The molecule has 0 saturated carbocycles. The molecule has 1 aromatic carbocycles. The van der Waals surface area contributed by atoms with Gasteiger partial charge in [0.25, 0.3) is 10.0 Å². The van der Waals surface area contributed by atoms with Crippen molar-refractivity contribution in [2.24, 2.45) is 0 Å². The number of nitrogens with one attached hydrogen (secondary N) is 2. The van der Waals surface area contributed by atoms with Crippen molar-refractivity contribution >= 4 is 39.4 Å². The van der Waals surface area contributed by atoms with Crippen molar-refractivity contribution < 1.29 is 23.1 Å². The van der Waals surface area contributed by atoms with E-state index in [2.05, 4.69) is 9.97 Å². The minimum Gasteiger partial charge on any atom is -0.476 e. The van der Waals surface area contributed by atoms with Crippen LogP contribution >= 0.6 is 11.6 Å². The summed E-state index contributed by atoms with van der Waals surface area (Å²) in [6, 6.07) is 4.08. The summed E-state index contributed by atoms with van der Waals surface area (Å²) in [6.07, 6.45) is 2.27. The summed E-state index contributed by atoms with van der Waals surface area (Å²) in [5.74, 6) is -1.81. The maximum Gasteiger partial charge on any atom is 0.358 e. The number of hydrogen-bond donors (Lipinski definition) is 3. The number of carboxylic acids is 1. The number of aromatic nitrogens is 2. The van der Waals surface area contributed by atoms with Gasteiger partial charge in [0.15, 0.2) is 11.5 Å². The fraction of sp³-hybridized carbons (Fsp3) is 0. The number of hydrogen-bond acceptors (Lipinski definition) is 6. The lowest BCUT2D eigenvalue weighted by Gasteiger charge is -2.09. The Hall–Kier alpha value is -2.72. The average molecular weight is 357 g/mol. The van der Waals surface area contributed by atoms with E-state index in [1.807, 2.05) is 5.32 Å². The second-order valence-corrected chi connectivity index (χ2v) is 6.19. The number of aromatic carboxylic acids is 1. The van der Waals surface area contributed by atoms with E-state index in [9.17, 15) is 18.0 Å². The molecule has 0 aliphatic heterocycles. The minimum absolute atomic E-state index is 0.176. The third-order valence-electron chi connectivity index (χ3n) is 2.47. The maximum absolute atomic E-state index is 12.0. The molecular weight excluding hydrogens is 348 g/mol. The number of amides is 2. The first kappa shape index (κ1) is 16.6. The Bertz CT molecular complexity index is 871. The van der Waals surface area contributed by atoms with Gasteiger partial charge in [-0.15, -0.1) is 0 Å². The summed E-state index contributed by atoms with van der Waals surface area (Å²) in [6.45, 7) is 0. The number of halogens is 1. The lowest BCUT2D eigenvalue weighted by molar-refractivity contribution is 0.0691. The second kappa shape index (κ2) is 6.58. The molecule has 0 fully saturated rings. The lowest BCUT2D eigenvalue weighted by atomic mass is 10.4. The van der Waals surface area contributed by atoms with Crippen LogP contribution in [0.5, 0.6) is 0 Å². The van der Waals surface area contributed by atoms with E-state index in [1.165, 1.54) is 18.2 Å². The van der Waals surface area contributed by atoms with Gasteiger partial charge in [0, 0.05) is 17.4 Å². The van der Waals surface area contributed by atoms with Crippen LogP contribution in [0.3, 0.4) is 0 Å². The Morgan fingerprint density at radius 2 is 1.87 bits per heavy atom. The predicted octanol–water partition coefficient (Wildman–Crippen LogP) is 1.34. The van der Waals surface area contributed by atoms with E-state index in [4.69, 9.17) is 16.7 Å². The third-order valence-corrected chi connectivity index (χ3v) is 4.03. The topological polar surface area (TPSA) is 138 Å². The zero-order chi connectivity index (χ0) is 17.0. The van der Waals surface area contributed by atoms with Gasteiger partial charge in [0.2, 0.25) is 0 Å². The number of sulfonamides is 1. The van der Waals surface area contributed by atoms with Crippen molar-refractivity contribution in [1.29, 1.82) is 0 Å². The van der Waals surface area contributed by atoms with Crippen LogP contribution < -0.4 is 10.0 Å². The number of nitrogens with zero attached hydrogens (tertiary/aromatic N) is 2. The number of carboxylic acid groups (broad SMARTS) is 1. The number of carbonyl (C=O) groups is 2. The smallest absolute Gasteiger partial charge is 0.358 e. The fourth-order valence-electron chi connectivity index (χ4n) is 1.53. The summed E-state index contributed by atoms with van der Waals surface area (Å²) in [5, 5.41) is 11.1. The molecule has 9 nitrogen and oxygen atoms in total. The number of benzene rings is 1. The first-order chi connectivity index (χ1) is 10.8. The molecule has 0 atom stereocenters. The van der Waals surface area contributed by atoms with Gasteiger partial charge >= 0.3 is 12.0 Å².